The minimum atomic E-state index is -0.424. The molecule has 1 aliphatic heterocycles. The Hall–Kier alpha value is -2.85. The van der Waals surface area contributed by atoms with Gasteiger partial charge in [-0.15, -0.1) is 0 Å². The summed E-state index contributed by atoms with van der Waals surface area (Å²) in [5.41, 5.74) is 3.16. The Balaban J connectivity index is 1.76. The monoisotopic (exact) mass is 381 g/mol. The fraction of sp³-hybridized carbons (Fsp3) is 0.476. The standard InChI is InChI=1S/C21H27N5O2/c1-4-8-25-15(2)10-18(16(25)3)11-19(12-22)21(27)24-20-5-7-23-26(20)13-17-6-9-28-14-17/h5,7,10-11,17H,4,6,8-9,13-14H2,1-3H3,(H,24,27)/b19-11+/t17-/m1/s1. The summed E-state index contributed by atoms with van der Waals surface area (Å²) in [6.07, 6.45) is 5.33. The number of amides is 1. The van der Waals surface area contributed by atoms with Gasteiger partial charge in [0.25, 0.3) is 5.91 Å². The Bertz CT molecular complexity index is 910. The highest BCUT2D eigenvalue weighted by Gasteiger charge is 2.19. The lowest BCUT2D eigenvalue weighted by Gasteiger charge is -2.12. The zero-order valence-corrected chi connectivity index (χ0v) is 16.7. The number of carbonyl (C=O) groups is 1. The smallest absolute Gasteiger partial charge is 0.267 e. The lowest BCUT2D eigenvalue weighted by Crippen LogP contribution is -2.19. The average Bonchev–Trinajstić information content (AvgIpc) is 3.39. The number of hydrogen-bond acceptors (Lipinski definition) is 4. The number of nitriles is 1. The summed E-state index contributed by atoms with van der Waals surface area (Å²) < 4.78 is 9.38. The Morgan fingerprint density at radius 2 is 2.32 bits per heavy atom. The van der Waals surface area contributed by atoms with Crippen LogP contribution in [-0.2, 0) is 22.6 Å². The van der Waals surface area contributed by atoms with Gasteiger partial charge in [0.15, 0.2) is 0 Å². The van der Waals surface area contributed by atoms with Crippen molar-refractivity contribution in [3.8, 4) is 6.07 Å². The molecule has 1 aliphatic rings. The first kappa shape index (κ1) is 19.9. The molecule has 0 bridgehead atoms. The maximum absolute atomic E-state index is 12.7. The molecular formula is C21H27N5O2. The number of aromatic nitrogens is 3. The van der Waals surface area contributed by atoms with Crippen molar-refractivity contribution in [1.82, 2.24) is 14.3 Å². The van der Waals surface area contributed by atoms with Gasteiger partial charge < -0.3 is 14.6 Å². The molecule has 0 aromatic carbocycles. The Morgan fingerprint density at radius 3 is 3.00 bits per heavy atom. The van der Waals surface area contributed by atoms with Crippen LogP contribution in [0.4, 0.5) is 5.82 Å². The second-order valence-corrected chi connectivity index (χ2v) is 7.23. The summed E-state index contributed by atoms with van der Waals surface area (Å²) in [5, 5.41) is 16.6. The first-order chi connectivity index (χ1) is 13.5. The largest absolute Gasteiger partial charge is 0.381 e. The lowest BCUT2D eigenvalue weighted by molar-refractivity contribution is -0.112. The number of anilines is 1. The van der Waals surface area contributed by atoms with E-state index in [9.17, 15) is 10.1 Å². The number of nitrogens with one attached hydrogen (secondary N) is 1. The van der Waals surface area contributed by atoms with Crippen LogP contribution in [0.3, 0.4) is 0 Å². The zero-order valence-electron chi connectivity index (χ0n) is 16.7. The van der Waals surface area contributed by atoms with E-state index < -0.39 is 5.91 Å². The maximum atomic E-state index is 12.7. The van der Waals surface area contributed by atoms with Gasteiger partial charge in [0.1, 0.15) is 17.5 Å². The summed E-state index contributed by atoms with van der Waals surface area (Å²) >= 11 is 0. The molecule has 0 spiro atoms. The van der Waals surface area contributed by atoms with Gasteiger partial charge in [0.2, 0.25) is 0 Å². The minimum absolute atomic E-state index is 0.0775. The number of nitrogens with zero attached hydrogens (tertiary/aromatic N) is 4. The third kappa shape index (κ3) is 4.34. The van der Waals surface area contributed by atoms with Crippen LogP contribution in [0.15, 0.2) is 23.9 Å². The molecule has 0 radical (unpaired) electrons. The van der Waals surface area contributed by atoms with Gasteiger partial charge in [-0.2, -0.15) is 10.4 Å². The highest BCUT2D eigenvalue weighted by molar-refractivity contribution is 6.09. The van der Waals surface area contributed by atoms with Crippen LogP contribution in [0.5, 0.6) is 0 Å². The number of ether oxygens (including phenoxy) is 1. The maximum Gasteiger partial charge on any atom is 0.267 e. The highest BCUT2D eigenvalue weighted by atomic mass is 16.5. The third-order valence-electron chi connectivity index (χ3n) is 5.14. The van der Waals surface area contributed by atoms with E-state index in [0.717, 1.165) is 42.9 Å². The molecule has 3 heterocycles. The third-order valence-corrected chi connectivity index (χ3v) is 5.14. The SMILES string of the molecule is CCCn1c(C)cc(/C=C(\C#N)C(=O)Nc2ccnn2C[C@H]2CCOC2)c1C. The van der Waals surface area contributed by atoms with Crippen molar-refractivity contribution >= 4 is 17.8 Å². The molecule has 7 heteroatoms. The Labute approximate surface area is 165 Å². The molecule has 0 saturated carbocycles. The van der Waals surface area contributed by atoms with Crippen molar-refractivity contribution in [2.24, 2.45) is 5.92 Å². The topological polar surface area (TPSA) is 84.9 Å². The molecule has 1 N–H and O–H groups in total. The van der Waals surface area contributed by atoms with Gasteiger partial charge >= 0.3 is 0 Å². The van der Waals surface area contributed by atoms with Gasteiger partial charge in [0.05, 0.1) is 12.8 Å². The van der Waals surface area contributed by atoms with E-state index in [2.05, 4.69) is 21.9 Å². The van der Waals surface area contributed by atoms with Gasteiger partial charge in [-0.3, -0.25) is 4.79 Å². The first-order valence-corrected chi connectivity index (χ1v) is 9.73. The summed E-state index contributed by atoms with van der Waals surface area (Å²) in [6, 6.07) is 5.79. The fourth-order valence-corrected chi connectivity index (χ4v) is 3.59. The average molecular weight is 381 g/mol. The van der Waals surface area contributed by atoms with E-state index in [1.54, 1.807) is 23.0 Å². The molecular weight excluding hydrogens is 354 g/mol. The molecule has 148 valence electrons. The molecule has 1 amide bonds. The molecule has 3 rings (SSSR count). The number of hydrogen-bond donors (Lipinski definition) is 1. The fourth-order valence-electron chi connectivity index (χ4n) is 3.59. The molecule has 2 aromatic rings. The van der Waals surface area contributed by atoms with E-state index in [1.807, 2.05) is 26.0 Å². The molecule has 2 aromatic heterocycles. The zero-order chi connectivity index (χ0) is 20.1. The van der Waals surface area contributed by atoms with Crippen molar-refractivity contribution < 1.29 is 9.53 Å². The molecule has 1 atom stereocenters. The van der Waals surface area contributed by atoms with E-state index in [1.165, 1.54) is 0 Å². The summed E-state index contributed by atoms with van der Waals surface area (Å²) in [5.74, 6) is 0.562. The van der Waals surface area contributed by atoms with Crippen LogP contribution in [0.1, 0.15) is 36.7 Å². The van der Waals surface area contributed by atoms with Gasteiger partial charge in [0, 0.05) is 43.1 Å². The number of aryl methyl sites for hydroxylation is 1. The Morgan fingerprint density at radius 1 is 1.50 bits per heavy atom. The van der Waals surface area contributed by atoms with Crippen molar-refractivity contribution in [2.45, 2.75) is 46.7 Å². The predicted molar refractivity (Wildman–Crippen MR) is 108 cm³/mol. The number of carbonyl (C=O) groups excluding carboxylic acids is 1. The van der Waals surface area contributed by atoms with Crippen molar-refractivity contribution in [3.05, 3.63) is 40.9 Å². The second kappa shape index (κ2) is 8.89. The van der Waals surface area contributed by atoms with Crippen LogP contribution < -0.4 is 5.32 Å². The summed E-state index contributed by atoms with van der Waals surface area (Å²) in [7, 11) is 0. The van der Waals surface area contributed by atoms with Gasteiger partial charge in [-0.1, -0.05) is 6.92 Å². The van der Waals surface area contributed by atoms with Crippen molar-refractivity contribution in [3.63, 3.8) is 0 Å². The molecule has 0 aliphatic carbocycles. The molecule has 1 saturated heterocycles. The van der Waals surface area contributed by atoms with Crippen molar-refractivity contribution in [1.29, 1.82) is 5.26 Å². The molecule has 28 heavy (non-hydrogen) atoms. The van der Waals surface area contributed by atoms with Crippen LogP contribution in [0.25, 0.3) is 6.08 Å². The summed E-state index contributed by atoms with van der Waals surface area (Å²) in [6.45, 7) is 9.27. The minimum Gasteiger partial charge on any atom is -0.381 e. The van der Waals surface area contributed by atoms with Crippen LogP contribution >= 0.6 is 0 Å². The van der Waals surface area contributed by atoms with Crippen LogP contribution in [0, 0.1) is 31.1 Å². The highest BCUT2D eigenvalue weighted by Crippen LogP contribution is 2.20. The number of rotatable bonds is 7. The van der Waals surface area contributed by atoms with E-state index >= 15 is 0 Å². The normalized spacial score (nSPS) is 16.9. The van der Waals surface area contributed by atoms with Crippen LogP contribution in [-0.4, -0.2) is 33.5 Å². The predicted octanol–water partition coefficient (Wildman–Crippen LogP) is 3.29. The Kier molecular flexibility index (Phi) is 6.32. The quantitative estimate of drug-likeness (QED) is 0.589. The van der Waals surface area contributed by atoms with E-state index in [4.69, 9.17) is 4.74 Å². The van der Waals surface area contributed by atoms with Gasteiger partial charge in [-0.05, 0) is 44.4 Å². The van der Waals surface area contributed by atoms with Gasteiger partial charge in [-0.25, -0.2) is 4.68 Å². The van der Waals surface area contributed by atoms with E-state index in [0.29, 0.717) is 24.9 Å². The molecule has 1 fully saturated rings. The van der Waals surface area contributed by atoms with Crippen LogP contribution in [0.2, 0.25) is 0 Å². The van der Waals surface area contributed by atoms with E-state index in [-0.39, 0.29) is 5.57 Å². The molecule has 7 nitrogen and oxygen atoms in total. The van der Waals surface area contributed by atoms with Crippen molar-refractivity contribution in [2.75, 3.05) is 18.5 Å². The second-order valence-electron chi connectivity index (χ2n) is 7.23. The first-order valence-electron chi connectivity index (χ1n) is 9.73. The molecule has 0 unspecified atom stereocenters. The summed E-state index contributed by atoms with van der Waals surface area (Å²) in [4.78, 5) is 12.7. The lowest BCUT2D eigenvalue weighted by atomic mass is 10.1.